The van der Waals surface area contributed by atoms with Gasteiger partial charge in [0.1, 0.15) is 0 Å². The fourth-order valence-electron chi connectivity index (χ4n) is 2.47. The lowest BCUT2D eigenvalue weighted by atomic mass is 10.0. The number of nitrogens with zero attached hydrogens (tertiary/aromatic N) is 1. The van der Waals surface area contributed by atoms with Gasteiger partial charge in [0.25, 0.3) is 0 Å². The van der Waals surface area contributed by atoms with E-state index in [-0.39, 0.29) is 6.03 Å². The summed E-state index contributed by atoms with van der Waals surface area (Å²) in [7, 11) is 0. The molecule has 0 spiro atoms. The van der Waals surface area contributed by atoms with E-state index in [4.69, 9.17) is 0 Å². The van der Waals surface area contributed by atoms with Crippen LogP contribution in [0, 0.1) is 6.92 Å². The molecule has 2 amide bonds. The summed E-state index contributed by atoms with van der Waals surface area (Å²) in [5.41, 5.74) is 4.04. The Labute approximate surface area is 139 Å². The molecule has 3 rings (SSSR count). The number of rotatable bonds is 3. The van der Waals surface area contributed by atoms with Crippen molar-refractivity contribution in [3.05, 3.63) is 53.6 Å². The first-order valence-corrected chi connectivity index (χ1v) is 8.38. The predicted molar refractivity (Wildman–Crippen MR) is 97.5 cm³/mol. The van der Waals surface area contributed by atoms with Gasteiger partial charge in [-0.05, 0) is 42.2 Å². The summed E-state index contributed by atoms with van der Waals surface area (Å²) < 4.78 is 1.09. The average Bonchev–Trinajstić information content (AvgIpc) is 2.88. The van der Waals surface area contributed by atoms with Gasteiger partial charge in [0.2, 0.25) is 0 Å². The number of benzene rings is 2. The van der Waals surface area contributed by atoms with Crippen LogP contribution in [0.25, 0.3) is 10.2 Å². The lowest BCUT2D eigenvalue weighted by molar-refractivity contribution is 0.262. The number of fused-ring (bicyclic) bond motifs is 1. The molecule has 0 aliphatic rings. The number of carbonyl (C=O) groups excluding carboxylic acids is 1. The molecule has 4 nitrogen and oxygen atoms in total. The molecule has 2 N–H and O–H groups in total. The summed E-state index contributed by atoms with van der Waals surface area (Å²) in [6, 6.07) is 13.6. The molecule has 5 heteroatoms. The topological polar surface area (TPSA) is 54.0 Å². The molecule has 0 aliphatic heterocycles. The van der Waals surface area contributed by atoms with Gasteiger partial charge < -0.3 is 5.32 Å². The molecule has 0 bridgehead atoms. The van der Waals surface area contributed by atoms with Crippen molar-refractivity contribution >= 4 is 38.4 Å². The zero-order chi connectivity index (χ0) is 16.4. The molecule has 0 saturated heterocycles. The number of aryl methyl sites for hydroxylation is 1. The Bertz CT molecular complexity index is 854. The van der Waals surface area contributed by atoms with Gasteiger partial charge in [-0.1, -0.05) is 49.4 Å². The van der Waals surface area contributed by atoms with Gasteiger partial charge in [-0.25, -0.2) is 9.78 Å². The number of amides is 2. The summed E-state index contributed by atoms with van der Waals surface area (Å²) >= 11 is 1.49. The Balaban J connectivity index is 1.79. The minimum atomic E-state index is -0.277. The normalized spacial score (nSPS) is 11.0. The van der Waals surface area contributed by atoms with Crippen molar-refractivity contribution in [3.8, 4) is 0 Å². The van der Waals surface area contributed by atoms with E-state index < -0.39 is 0 Å². The van der Waals surface area contributed by atoms with Gasteiger partial charge in [0.15, 0.2) is 5.13 Å². The summed E-state index contributed by atoms with van der Waals surface area (Å²) in [5.74, 6) is 0.398. The highest BCUT2D eigenvalue weighted by Crippen LogP contribution is 2.31. The monoisotopic (exact) mass is 325 g/mol. The number of para-hydroxylation sites is 1. The lowest BCUT2D eigenvalue weighted by Crippen LogP contribution is -2.19. The Morgan fingerprint density at radius 1 is 1.13 bits per heavy atom. The van der Waals surface area contributed by atoms with Gasteiger partial charge in [-0.2, -0.15) is 0 Å². The fraction of sp³-hybridized carbons (Fsp3) is 0.222. The van der Waals surface area contributed by atoms with Crippen molar-refractivity contribution in [2.75, 3.05) is 10.6 Å². The second-order valence-corrected chi connectivity index (χ2v) is 6.85. The number of aromatic nitrogens is 1. The summed E-state index contributed by atoms with van der Waals surface area (Å²) in [6.07, 6.45) is 0. The molecule has 0 atom stereocenters. The predicted octanol–water partition coefficient (Wildman–Crippen LogP) is 5.37. The quantitative estimate of drug-likeness (QED) is 0.680. The average molecular weight is 325 g/mol. The van der Waals surface area contributed by atoms with Crippen LogP contribution >= 0.6 is 11.3 Å². The third-order valence-corrected chi connectivity index (χ3v) is 4.50. The zero-order valence-electron chi connectivity index (χ0n) is 13.4. The molecule has 118 valence electrons. The van der Waals surface area contributed by atoms with Crippen LogP contribution in [0.5, 0.6) is 0 Å². The molecule has 0 saturated carbocycles. The van der Waals surface area contributed by atoms with Crippen LogP contribution in [0.3, 0.4) is 0 Å². The van der Waals surface area contributed by atoms with Crippen molar-refractivity contribution in [1.82, 2.24) is 4.98 Å². The Morgan fingerprint density at radius 3 is 2.65 bits per heavy atom. The van der Waals surface area contributed by atoms with Crippen LogP contribution in [0.1, 0.15) is 30.9 Å². The molecule has 0 radical (unpaired) electrons. The molecule has 23 heavy (non-hydrogen) atoms. The third-order valence-electron chi connectivity index (χ3n) is 3.57. The Kier molecular flexibility index (Phi) is 4.30. The smallest absolute Gasteiger partial charge is 0.308 e. The van der Waals surface area contributed by atoms with E-state index in [0.29, 0.717) is 11.0 Å². The van der Waals surface area contributed by atoms with E-state index in [1.807, 2.05) is 43.3 Å². The van der Waals surface area contributed by atoms with Crippen LogP contribution in [-0.4, -0.2) is 11.0 Å². The van der Waals surface area contributed by atoms with E-state index >= 15 is 0 Å². The van der Waals surface area contributed by atoms with Crippen LogP contribution in [0.4, 0.5) is 15.6 Å². The number of hydrogen-bond donors (Lipinski definition) is 2. The van der Waals surface area contributed by atoms with Crippen molar-refractivity contribution in [3.63, 3.8) is 0 Å². The van der Waals surface area contributed by atoms with E-state index in [0.717, 1.165) is 21.5 Å². The molecule has 0 unspecified atom stereocenters. The Hall–Kier alpha value is -2.40. The van der Waals surface area contributed by atoms with Gasteiger partial charge in [0.05, 0.1) is 10.2 Å². The second kappa shape index (κ2) is 6.38. The number of thiazole rings is 1. The van der Waals surface area contributed by atoms with Crippen LogP contribution in [0.15, 0.2) is 42.5 Å². The number of hydrogen-bond acceptors (Lipinski definition) is 3. The van der Waals surface area contributed by atoms with E-state index in [2.05, 4.69) is 35.5 Å². The first kappa shape index (κ1) is 15.5. The molecule has 0 fully saturated rings. The van der Waals surface area contributed by atoms with Gasteiger partial charge >= 0.3 is 6.03 Å². The minimum absolute atomic E-state index is 0.277. The highest BCUT2D eigenvalue weighted by Gasteiger charge is 2.12. The molecule has 1 aromatic heterocycles. The molecule has 0 aliphatic carbocycles. The molecule has 1 heterocycles. The zero-order valence-corrected chi connectivity index (χ0v) is 14.2. The SMILES string of the molecule is Cc1cccc(NC(=O)Nc2nc3c(C(C)C)cccc3s2)c1. The van der Waals surface area contributed by atoms with E-state index in [1.54, 1.807) is 0 Å². The molecule has 2 aromatic carbocycles. The number of urea groups is 1. The molecular formula is C18H19N3OS. The second-order valence-electron chi connectivity index (χ2n) is 5.82. The van der Waals surface area contributed by atoms with Crippen LogP contribution in [0.2, 0.25) is 0 Å². The van der Waals surface area contributed by atoms with Crippen molar-refractivity contribution < 1.29 is 4.79 Å². The largest absolute Gasteiger partial charge is 0.325 e. The van der Waals surface area contributed by atoms with Gasteiger partial charge in [0, 0.05) is 5.69 Å². The summed E-state index contributed by atoms with van der Waals surface area (Å²) in [5, 5.41) is 6.26. The summed E-state index contributed by atoms with van der Waals surface area (Å²) in [4.78, 5) is 16.7. The van der Waals surface area contributed by atoms with Crippen molar-refractivity contribution in [2.24, 2.45) is 0 Å². The van der Waals surface area contributed by atoms with Gasteiger partial charge in [-0.3, -0.25) is 5.32 Å². The first-order valence-electron chi connectivity index (χ1n) is 7.57. The molecular weight excluding hydrogens is 306 g/mol. The number of nitrogens with one attached hydrogen (secondary N) is 2. The maximum Gasteiger partial charge on any atom is 0.325 e. The standard InChI is InChI=1S/C18H19N3OS/c1-11(2)14-8-5-9-15-16(14)20-18(23-15)21-17(22)19-13-7-4-6-12(3)10-13/h4-11H,1-3H3,(H2,19,20,21,22). The van der Waals surface area contributed by atoms with Gasteiger partial charge in [-0.15, -0.1) is 0 Å². The van der Waals surface area contributed by atoms with Crippen LogP contribution < -0.4 is 10.6 Å². The highest BCUT2D eigenvalue weighted by atomic mass is 32.1. The van der Waals surface area contributed by atoms with Crippen molar-refractivity contribution in [2.45, 2.75) is 26.7 Å². The Morgan fingerprint density at radius 2 is 1.91 bits per heavy atom. The third kappa shape index (κ3) is 3.51. The minimum Gasteiger partial charge on any atom is -0.308 e. The van der Waals surface area contributed by atoms with E-state index in [1.165, 1.54) is 16.9 Å². The van der Waals surface area contributed by atoms with E-state index in [9.17, 15) is 4.79 Å². The molecule has 3 aromatic rings. The van der Waals surface area contributed by atoms with Crippen LogP contribution in [-0.2, 0) is 0 Å². The highest BCUT2D eigenvalue weighted by molar-refractivity contribution is 7.22. The van der Waals surface area contributed by atoms with Crippen molar-refractivity contribution in [1.29, 1.82) is 0 Å². The maximum atomic E-state index is 12.1. The lowest BCUT2D eigenvalue weighted by Gasteiger charge is -2.06. The first-order chi connectivity index (χ1) is 11.0. The fourth-order valence-corrected chi connectivity index (χ4v) is 3.37. The number of anilines is 2. The summed E-state index contributed by atoms with van der Waals surface area (Å²) in [6.45, 7) is 6.28. The number of carbonyl (C=O) groups is 1. The maximum absolute atomic E-state index is 12.1.